The number of hydrogen-bond acceptors (Lipinski definition) is 2. The van der Waals surface area contributed by atoms with Gasteiger partial charge in [0.05, 0.1) is 11.1 Å². The Morgan fingerprint density at radius 1 is 0.923 bits per heavy atom. The van der Waals surface area contributed by atoms with Gasteiger partial charge in [0.2, 0.25) is 0 Å². The molecule has 0 aliphatic carbocycles. The number of carboxylic acid groups (broad SMARTS) is 2. The molecule has 4 nitrogen and oxygen atoms in total. The monoisotopic (exact) mass is 359 g/mol. The third-order valence-electron chi connectivity index (χ3n) is 1.39. The quantitative estimate of drug-likeness (QED) is 0.830. The van der Waals surface area contributed by atoms with E-state index in [0.29, 0.717) is 0 Å². The van der Waals surface area contributed by atoms with Crippen molar-refractivity contribution in [1.82, 2.24) is 0 Å². The van der Waals surface area contributed by atoms with Crippen LogP contribution < -0.4 is 0 Å². The number of rotatable bonds is 2. The third kappa shape index (κ3) is 2.64. The minimum Gasteiger partial charge on any atom is -0.478 e. The molecule has 0 aliphatic heterocycles. The van der Waals surface area contributed by atoms with Gasteiger partial charge in [-0.15, -0.1) is 0 Å². The first-order valence-electron chi connectivity index (χ1n) is 3.18. The molecular weight excluding hydrogens is 352 g/mol. The Bertz CT molecular complexity index is 302. The molecule has 0 unspecified atom stereocenters. The van der Waals surface area contributed by atoms with Crippen LogP contribution >= 0.6 is 0 Å². The van der Waals surface area contributed by atoms with Crippen molar-refractivity contribution in [2.45, 2.75) is 0 Å². The maximum atomic E-state index is 10.5. The first-order valence-corrected chi connectivity index (χ1v) is 3.18. The second-order valence-corrected chi connectivity index (χ2v) is 2.16. The molecule has 0 aliphatic rings. The zero-order valence-corrected chi connectivity index (χ0v) is 8.75. The molecule has 0 amide bonds. The Hall–Kier alpha value is -1.19. The normalized spacial score (nSPS) is 8.62. The standard InChI is InChI=1S/C8H6O4.Ir/c9-7(10)5-3-1-2-4-6(5)8(11)12;/h1-4H,(H,9,10)(H,11,12);. The van der Waals surface area contributed by atoms with E-state index in [1.807, 2.05) is 0 Å². The predicted molar refractivity (Wildman–Crippen MR) is 40.4 cm³/mol. The minimum absolute atomic E-state index is 0. The van der Waals surface area contributed by atoms with Gasteiger partial charge in [-0.2, -0.15) is 0 Å². The summed E-state index contributed by atoms with van der Waals surface area (Å²) in [5, 5.41) is 17.1. The molecule has 0 fully saturated rings. The van der Waals surface area contributed by atoms with Gasteiger partial charge in [-0.3, -0.25) is 0 Å². The fourth-order valence-electron chi connectivity index (χ4n) is 0.856. The van der Waals surface area contributed by atoms with Crippen LogP contribution in [0.5, 0.6) is 0 Å². The molecule has 0 atom stereocenters. The number of carbonyl (C=O) groups is 2. The van der Waals surface area contributed by atoms with Crippen molar-refractivity contribution in [3.05, 3.63) is 35.4 Å². The summed E-state index contributed by atoms with van der Waals surface area (Å²) < 4.78 is 0. The van der Waals surface area contributed by atoms with Crippen molar-refractivity contribution in [1.29, 1.82) is 0 Å². The smallest absolute Gasteiger partial charge is 0.336 e. The van der Waals surface area contributed by atoms with Gasteiger partial charge in [0.1, 0.15) is 0 Å². The van der Waals surface area contributed by atoms with E-state index >= 15 is 0 Å². The van der Waals surface area contributed by atoms with Gasteiger partial charge in [-0.05, 0) is 12.1 Å². The van der Waals surface area contributed by atoms with Crippen LogP contribution in [0.2, 0.25) is 0 Å². The van der Waals surface area contributed by atoms with Crippen LogP contribution in [0.25, 0.3) is 0 Å². The summed E-state index contributed by atoms with van der Waals surface area (Å²) in [6.07, 6.45) is 0. The summed E-state index contributed by atoms with van der Waals surface area (Å²) >= 11 is 0. The van der Waals surface area contributed by atoms with Crippen LogP contribution in [0, 0.1) is 0 Å². The van der Waals surface area contributed by atoms with Crippen molar-refractivity contribution in [2.75, 3.05) is 0 Å². The van der Waals surface area contributed by atoms with E-state index in [1.54, 1.807) is 0 Å². The molecule has 5 heteroatoms. The maximum absolute atomic E-state index is 10.5. The predicted octanol–water partition coefficient (Wildman–Crippen LogP) is 1.08. The Kier molecular flexibility index (Phi) is 4.31. The van der Waals surface area contributed by atoms with Crippen LogP contribution in [-0.2, 0) is 20.1 Å². The van der Waals surface area contributed by atoms with E-state index in [2.05, 4.69) is 0 Å². The number of hydrogen-bond donors (Lipinski definition) is 2. The molecule has 71 valence electrons. The summed E-state index contributed by atoms with van der Waals surface area (Å²) in [7, 11) is 0. The van der Waals surface area contributed by atoms with Gasteiger partial charge in [0, 0.05) is 20.1 Å². The van der Waals surface area contributed by atoms with E-state index < -0.39 is 11.9 Å². The van der Waals surface area contributed by atoms with Gasteiger partial charge in [-0.1, -0.05) is 12.1 Å². The summed E-state index contributed by atoms with van der Waals surface area (Å²) in [4.78, 5) is 20.9. The molecule has 0 saturated heterocycles. The Labute approximate surface area is 87.6 Å². The fraction of sp³-hybridized carbons (Fsp3) is 0. The molecule has 0 spiro atoms. The van der Waals surface area contributed by atoms with Crippen molar-refractivity contribution >= 4 is 11.9 Å². The minimum atomic E-state index is -1.23. The number of benzene rings is 1. The largest absolute Gasteiger partial charge is 0.478 e. The summed E-state index contributed by atoms with van der Waals surface area (Å²) in [6, 6.07) is 5.48. The van der Waals surface area contributed by atoms with E-state index in [4.69, 9.17) is 10.2 Å². The van der Waals surface area contributed by atoms with Crippen molar-refractivity contribution < 1.29 is 39.9 Å². The van der Waals surface area contributed by atoms with E-state index in [9.17, 15) is 9.59 Å². The molecule has 1 rings (SSSR count). The molecule has 0 aromatic heterocycles. The first-order chi connectivity index (χ1) is 5.63. The van der Waals surface area contributed by atoms with Crippen LogP contribution in [0.4, 0.5) is 0 Å². The fourth-order valence-corrected chi connectivity index (χ4v) is 0.856. The second-order valence-electron chi connectivity index (χ2n) is 2.16. The molecule has 2 N–H and O–H groups in total. The maximum Gasteiger partial charge on any atom is 0.336 e. The topological polar surface area (TPSA) is 74.6 Å². The van der Waals surface area contributed by atoms with Crippen LogP contribution in [0.3, 0.4) is 0 Å². The molecular formula is C8H6IrO4. The zero-order chi connectivity index (χ0) is 9.14. The van der Waals surface area contributed by atoms with E-state index in [0.717, 1.165) is 0 Å². The van der Waals surface area contributed by atoms with Gasteiger partial charge in [0.25, 0.3) is 0 Å². The van der Waals surface area contributed by atoms with E-state index in [-0.39, 0.29) is 31.2 Å². The van der Waals surface area contributed by atoms with Crippen molar-refractivity contribution in [3.63, 3.8) is 0 Å². The van der Waals surface area contributed by atoms with Gasteiger partial charge in [0.15, 0.2) is 0 Å². The average molecular weight is 358 g/mol. The molecule has 13 heavy (non-hydrogen) atoms. The molecule has 1 aromatic carbocycles. The summed E-state index contributed by atoms with van der Waals surface area (Å²) in [5.74, 6) is -2.46. The number of aromatic carboxylic acids is 2. The summed E-state index contributed by atoms with van der Waals surface area (Å²) in [5.41, 5.74) is -0.380. The molecule has 0 bridgehead atoms. The van der Waals surface area contributed by atoms with Gasteiger partial charge >= 0.3 is 11.9 Å². The molecule has 1 radical (unpaired) electrons. The van der Waals surface area contributed by atoms with Crippen molar-refractivity contribution in [2.24, 2.45) is 0 Å². The van der Waals surface area contributed by atoms with Gasteiger partial charge < -0.3 is 10.2 Å². The zero-order valence-electron chi connectivity index (χ0n) is 6.35. The Balaban J connectivity index is 0.00000144. The van der Waals surface area contributed by atoms with Crippen LogP contribution in [-0.4, -0.2) is 22.2 Å². The SMILES string of the molecule is O=C(O)c1ccccc1C(=O)O.[Ir]. The van der Waals surface area contributed by atoms with Gasteiger partial charge in [-0.25, -0.2) is 9.59 Å². The summed E-state index contributed by atoms with van der Waals surface area (Å²) in [6.45, 7) is 0. The second kappa shape index (κ2) is 4.74. The van der Waals surface area contributed by atoms with Crippen molar-refractivity contribution in [3.8, 4) is 0 Å². The third-order valence-corrected chi connectivity index (χ3v) is 1.39. The Morgan fingerprint density at radius 2 is 1.23 bits per heavy atom. The average Bonchev–Trinajstić information content (AvgIpc) is 2.04. The molecule has 0 saturated carbocycles. The van der Waals surface area contributed by atoms with E-state index in [1.165, 1.54) is 24.3 Å². The first kappa shape index (κ1) is 11.8. The number of carboxylic acids is 2. The molecule has 0 heterocycles. The van der Waals surface area contributed by atoms with Crippen LogP contribution in [0.1, 0.15) is 20.7 Å². The van der Waals surface area contributed by atoms with Crippen LogP contribution in [0.15, 0.2) is 24.3 Å². The Morgan fingerprint density at radius 3 is 1.46 bits per heavy atom. The molecule has 1 aromatic rings.